The summed E-state index contributed by atoms with van der Waals surface area (Å²) >= 11 is 1.11. The molecule has 0 amide bonds. The summed E-state index contributed by atoms with van der Waals surface area (Å²) in [7, 11) is -3.45. The van der Waals surface area contributed by atoms with Crippen molar-refractivity contribution in [1.29, 1.82) is 0 Å². The molecule has 2 N–H and O–H groups in total. The van der Waals surface area contributed by atoms with E-state index in [9.17, 15) is 8.42 Å². The van der Waals surface area contributed by atoms with E-state index in [1.165, 1.54) is 0 Å². The summed E-state index contributed by atoms with van der Waals surface area (Å²) in [5, 5.41) is 8.98. The highest BCUT2D eigenvalue weighted by Gasteiger charge is 2.64. The van der Waals surface area contributed by atoms with Gasteiger partial charge in [0, 0.05) is 11.4 Å². The van der Waals surface area contributed by atoms with Gasteiger partial charge in [-0.1, -0.05) is 27.7 Å². The zero-order valence-electron chi connectivity index (χ0n) is 11.7. The van der Waals surface area contributed by atoms with Crippen LogP contribution in [0.25, 0.3) is 0 Å². The molecule has 6 heteroatoms. The molecule has 0 aliphatic heterocycles. The zero-order valence-corrected chi connectivity index (χ0v) is 13.4. The van der Waals surface area contributed by atoms with Gasteiger partial charge in [0.15, 0.2) is 0 Å². The summed E-state index contributed by atoms with van der Waals surface area (Å²) in [6.45, 7) is 9.02. The van der Waals surface area contributed by atoms with Crippen LogP contribution in [0, 0.1) is 16.7 Å². The Hall–Kier alpha value is -0.430. The number of aliphatic hydroxyl groups is 1. The van der Waals surface area contributed by atoms with E-state index < -0.39 is 10.0 Å². The lowest BCUT2D eigenvalue weighted by molar-refractivity contribution is 0.285. The number of hydrogen-bond acceptors (Lipinski definition) is 4. The number of aliphatic hydroxyl groups excluding tert-OH is 1. The molecule has 0 unspecified atom stereocenters. The van der Waals surface area contributed by atoms with Gasteiger partial charge in [0.1, 0.15) is 4.21 Å². The predicted octanol–water partition coefficient (Wildman–Crippen LogP) is 2.20. The van der Waals surface area contributed by atoms with Gasteiger partial charge in [-0.3, -0.25) is 0 Å². The number of rotatable bonds is 5. The molecule has 1 aliphatic rings. The lowest BCUT2D eigenvalue weighted by Gasteiger charge is -2.05. The van der Waals surface area contributed by atoms with Crippen molar-refractivity contribution in [3.63, 3.8) is 0 Å². The molecule has 1 aliphatic carbocycles. The smallest absolute Gasteiger partial charge is 0.250 e. The van der Waals surface area contributed by atoms with Crippen LogP contribution in [0.2, 0.25) is 0 Å². The summed E-state index contributed by atoms with van der Waals surface area (Å²) in [5.41, 5.74) is 0.336. The highest BCUT2D eigenvalue weighted by molar-refractivity contribution is 7.91. The SMILES string of the molecule is CC1(C)C(CNS(=O)(=O)c2ccc(CO)s2)C1(C)C. The molecule has 19 heavy (non-hydrogen) atoms. The number of nitrogens with one attached hydrogen (secondary N) is 1. The van der Waals surface area contributed by atoms with Crippen molar-refractivity contribution in [3.05, 3.63) is 17.0 Å². The van der Waals surface area contributed by atoms with E-state index in [2.05, 4.69) is 32.4 Å². The van der Waals surface area contributed by atoms with Gasteiger partial charge in [-0.05, 0) is 28.9 Å². The molecule has 1 saturated carbocycles. The Morgan fingerprint density at radius 1 is 1.26 bits per heavy atom. The third kappa shape index (κ3) is 2.46. The van der Waals surface area contributed by atoms with E-state index >= 15 is 0 Å². The van der Waals surface area contributed by atoms with E-state index in [0.717, 1.165) is 11.3 Å². The summed E-state index contributed by atoms with van der Waals surface area (Å²) in [6.07, 6.45) is 0. The molecule has 2 rings (SSSR count). The van der Waals surface area contributed by atoms with Crippen molar-refractivity contribution in [3.8, 4) is 0 Å². The quantitative estimate of drug-likeness (QED) is 0.876. The van der Waals surface area contributed by atoms with Gasteiger partial charge in [-0.25, -0.2) is 13.1 Å². The predicted molar refractivity (Wildman–Crippen MR) is 76.5 cm³/mol. The standard InChI is InChI=1S/C13H21NO3S2/c1-12(2)10(13(12,3)4)7-14-19(16,17)11-6-5-9(8-15)18-11/h5-6,10,14-15H,7-8H2,1-4H3. The Kier molecular flexibility index (Phi) is 3.58. The molecule has 0 radical (unpaired) electrons. The minimum Gasteiger partial charge on any atom is -0.391 e. The molecule has 1 aromatic rings. The third-order valence-corrected chi connectivity index (χ3v) is 7.84. The molecule has 1 heterocycles. The van der Waals surface area contributed by atoms with Crippen molar-refractivity contribution in [2.24, 2.45) is 16.7 Å². The van der Waals surface area contributed by atoms with E-state index in [-0.39, 0.29) is 21.6 Å². The first-order chi connectivity index (χ1) is 8.63. The fraction of sp³-hybridized carbons (Fsp3) is 0.692. The average Bonchev–Trinajstić information content (AvgIpc) is 2.72. The highest BCUT2D eigenvalue weighted by Crippen LogP contribution is 2.67. The fourth-order valence-corrected chi connectivity index (χ4v) is 5.00. The van der Waals surface area contributed by atoms with Gasteiger partial charge in [0.2, 0.25) is 10.0 Å². The third-order valence-electron chi connectivity index (χ3n) is 4.85. The van der Waals surface area contributed by atoms with Crippen LogP contribution < -0.4 is 4.72 Å². The molecule has 4 nitrogen and oxygen atoms in total. The zero-order chi connectivity index (χ0) is 14.5. The van der Waals surface area contributed by atoms with Crippen LogP contribution in [-0.4, -0.2) is 20.1 Å². The minimum atomic E-state index is -3.45. The van der Waals surface area contributed by atoms with E-state index in [1.54, 1.807) is 12.1 Å². The van der Waals surface area contributed by atoms with E-state index in [1.807, 2.05) is 0 Å². The Morgan fingerprint density at radius 3 is 2.26 bits per heavy atom. The molecule has 1 fully saturated rings. The summed E-state index contributed by atoms with van der Waals surface area (Å²) in [6, 6.07) is 3.19. The monoisotopic (exact) mass is 303 g/mol. The molecule has 0 atom stereocenters. The Bertz CT molecular complexity index is 558. The summed E-state index contributed by atoms with van der Waals surface area (Å²) in [5.74, 6) is 0.354. The topological polar surface area (TPSA) is 66.4 Å². The molecule has 0 aromatic carbocycles. The maximum absolute atomic E-state index is 12.1. The Morgan fingerprint density at radius 2 is 1.84 bits per heavy atom. The van der Waals surface area contributed by atoms with Crippen LogP contribution in [-0.2, 0) is 16.6 Å². The minimum absolute atomic E-state index is 0.122. The van der Waals surface area contributed by atoms with Crippen LogP contribution in [0.4, 0.5) is 0 Å². The molecule has 1 aromatic heterocycles. The molecular formula is C13H21NO3S2. The lowest BCUT2D eigenvalue weighted by atomic mass is 10.0. The maximum Gasteiger partial charge on any atom is 0.250 e. The van der Waals surface area contributed by atoms with E-state index in [4.69, 9.17) is 5.11 Å². The van der Waals surface area contributed by atoms with E-state index in [0.29, 0.717) is 17.3 Å². The van der Waals surface area contributed by atoms with Crippen LogP contribution in [0.15, 0.2) is 16.3 Å². The fourth-order valence-electron chi connectivity index (χ4n) is 2.70. The molecule has 0 bridgehead atoms. The largest absolute Gasteiger partial charge is 0.391 e. The molecule has 0 spiro atoms. The van der Waals surface area contributed by atoms with Gasteiger partial charge in [-0.15, -0.1) is 11.3 Å². The van der Waals surface area contributed by atoms with Gasteiger partial charge in [-0.2, -0.15) is 0 Å². The molecule has 0 saturated heterocycles. The second-order valence-corrected chi connectivity index (χ2v) is 9.39. The van der Waals surface area contributed by atoms with Crippen molar-refractivity contribution < 1.29 is 13.5 Å². The van der Waals surface area contributed by atoms with Gasteiger partial charge >= 0.3 is 0 Å². The number of sulfonamides is 1. The Balaban J connectivity index is 2.04. The highest BCUT2D eigenvalue weighted by atomic mass is 32.2. The van der Waals surface area contributed by atoms with Gasteiger partial charge in [0.05, 0.1) is 6.61 Å². The second kappa shape index (κ2) is 4.55. The van der Waals surface area contributed by atoms with Crippen LogP contribution >= 0.6 is 11.3 Å². The van der Waals surface area contributed by atoms with Crippen molar-refractivity contribution in [2.75, 3.05) is 6.54 Å². The van der Waals surface area contributed by atoms with Crippen LogP contribution in [0.5, 0.6) is 0 Å². The number of hydrogen-bond donors (Lipinski definition) is 2. The van der Waals surface area contributed by atoms with Crippen molar-refractivity contribution >= 4 is 21.4 Å². The van der Waals surface area contributed by atoms with Gasteiger partial charge < -0.3 is 5.11 Å². The Labute approximate surface area is 118 Å². The maximum atomic E-state index is 12.1. The summed E-state index contributed by atoms with van der Waals surface area (Å²) in [4.78, 5) is 0.660. The molecular weight excluding hydrogens is 282 g/mol. The van der Waals surface area contributed by atoms with Crippen molar-refractivity contribution in [2.45, 2.75) is 38.5 Å². The van der Waals surface area contributed by atoms with Crippen LogP contribution in [0.1, 0.15) is 32.6 Å². The first kappa shape index (κ1) is 15.0. The number of thiophene rings is 1. The molecule has 108 valence electrons. The average molecular weight is 303 g/mol. The van der Waals surface area contributed by atoms with Gasteiger partial charge in [0.25, 0.3) is 0 Å². The summed E-state index contributed by atoms with van der Waals surface area (Å²) < 4.78 is 27.2. The van der Waals surface area contributed by atoms with Crippen LogP contribution in [0.3, 0.4) is 0 Å². The first-order valence-electron chi connectivity index (χ1n) is 6.32. The normalized spacial score (nSPS) is 21.5. The second-order valence-electron chi connectivity index (χ2n) is 6.23. The lowest BCUT2D eigenvalue weighted by Crippen LogP contribution is -2.26. The first-order valence-corrected chi connectivity index (χ1v) is 8.62. The van der Waals surface area contributed by atoms with Crippen molar-refractivity contribution in [1.82, 2.24) is 4.72 Å².